The molecule has 0 saturated carbocycles. The number of amides is 1. The zero-order chi connectivity index (χ0) is 20.1. The first kappa shape index (κ1) is 19.2. The van der Waals surface area contributed by atoms with Crippen LogP contribution in [-0.4, -0.2) is 34.8 Å². The molecule has 0 radical (unpaired) electrons. The molecule has 6 heteroatoms. The van der Waals surface area contributed by atoms with E-state index >= 15 is 0 Å². The maximum atomic E-state index is 12.3. The van der Waals surface area contributed by atoms with Crippen LogP contribution in [0.3, 0.4) is 0 Å². The van der Waals surface area contributed by atoms with E-state index in [-0.39, 0.29) is 12.5 Å². The summed E-state index contributed by atoms with van der Waals surface area (Å²) >= 11 is 0. The second-order valence-electron chi connectivity index (χ2n) is 7.52. The summed E-state index contributed by atoms with van der Waals surface area (Å²) in [6.45, 7) is 4.36. The maximum absolute atomic E-state index is 12.3. The number of imidazole rings is 1. The summed E-state index contributed by atoms with van der Waals surface area (Å²) in [5, 5.41) is 4.12. The molecule has 1 amide bonds. The van der Waals surface area contributed by atoms with Gasteiger partial charge in [-0.25, -0.2) is 10.4 Å². The predicted octanol–water partition coefficient (Wildman–Crippen LogP) is 3.88. The maximum Gasteiger partial charge on any atom is 0.260 e. The van der Waals surface area contributed by atoms with Crippen LogP contribution in [-0.2, 0) is 11.3 Å². The molecule has 2 aromatic carbocycles. The third-order valence-electron chi connectivity index (χ3n) is 5.41. The van der Waals surface area contributed by atoms with E-state index in [1.54, 1.807) is 6.21 Å². The van der Waals surface area contributed by atoms with Gasteiger partial charge < -0.3 is 9.47 Å². The largest absolute Gasteiger partial charge is 0.372 e. The molecule has 1 N–H and O–H groups in total. The molecule has 4 rings (SSSR count). The summed E-state index contributed by atoms with van der Waals surface area (Å²) in [5.41, 5.74) is 6.69. The molecule has 1 saturated heterocycles. The normalized spacial score (nSPS) is 15.0. The topological polar surface area (TPSA) is 62.5 Å². The number of carbonyl (C=O) groups excluding carboxylic acids is 1. The van der Waals surface area contributed by atoms with Crippen molar-refractivity contribution >= 4 is 28.8 Å². The van der Waals surface area contributed by atoms with Crippen molar-refractivity contribution in [3.8, 4) is 0 Å². The minimum absolute atomic E-state index is 0.173. The molecule has 1 aromatic heterocycles. The molecule has 0 unspecified atom stereocenters. The Morgan fingerprint density at radius 1 is 1.07 bits per heavy atom. The SMILES string of the molecule is Cc1nc2ccccc2n1CC(=O)N/N=C\c1ccc(N2CCCCCC2)cc1. The van der Waals surface area contributed by atoms with Crippen LogP contribution >= 0.6 is 0 Å². The Morgan fingerprint density at radius 2 is 1.79 bits per heavy atom. The quantitative estimate of drug-likeness (QED) is 0.532. The molecule has 6 nitrogen and oxygen atoms in total. The molecule has 1 fully saturated rings. The van der Waals surface area contributed by atoms with Crippen molar-refractivity contribution < 1.29 is 4.79 Å². The van der Waals surface area contributed by atoms with Crippen LogP contribution in [0.15, 0.2) is 53.6 Å². The van der Waals surface area contributed by atoms with E-state index in [1.165, 1.54) is 31.4 Å². The monoisotopic (exact) mass is 389 g/mol. The number of carbonyl (C=O) groups is 1. The number of hydrogen-bond donors (Lipinski definition) is 1. The van der Waals surface area contributed by atoms with Crippen molar-refractivity contribution in [1.29, 1.82) is 0 Å². The van der Waals surface area contributed by atoms with Gasteiger partial charge in [0.05, 0.1) is 17.2 Å². The number of hydrazone groups is 1. The Hall–Kier alpha value is -3.15. The Kier molecular flexibility index (Phi) is 5.89. The Labute approximate surface area is 171 Å². The first-order valence-electron chi connectivity index (χ1n) is 10.3. The summed E-state index contributed by atoms with van der Waals surface area (Å²) < 4.78 is 1.90. The molecular formula is C23H27N5O. The number of rotatable bonds is 5. The first-order chi connectivity index (χ1) is 14.2. The highest BCUT2D eigenvalue weighted by Crippen LogP contribution is 2.19. The first-order valence-corrected chi connectivity index (χ1v) is 10.3. The van der Waals surface area contributed by atoms with Gasteiger partial charge in [-0.15, -0.1) is 0 Å². The van der Waals surface area contributed by atoms with Crippen molar-refractivity contribution in [2.24, 2.45) is 5.10 Å². The summed E-state index contributed by atoms with van der Waals surface area (Å²) in [6.07, 6.45) is 6.87. The number of nitrogens with one attached hydrogen (secondary N) is 1. The van der Waals surface area contributed by atoms with Crippen molar-refractivity contribution in [2.45, 2.75) is 39.2 Å². The van der Waals surface area contributed by atoms with Crippen LogP contribution in [0.5, 0.6) is 0 Å². The van der Waals surface area contributed by atoms with Gasteiger partial charge in [0.1, 0.15) is 12.4 Å². The highest BCUT2D eigenvalue weighted by Gasteiger charge is 2.11. The minimum Gasteiger partial charge on any atom is -0.372 e. The molecule has 0 spiro atoms. The van der Waals surface area contributed by atoms with Gasteiger partial charge in [-0.05, 0) is 49.6 Å². The van der Waals surface area contributed by atoms with Crippen LogP contribution in [0.4, 0.5) is 5.69 Å². The van der Waals surface area contributed by atoms with Crippen molar-refractivity contribution in [3.05, 3.63) is 59.9 Å². The summed E-state index contributed by atoms with van der Waals surface area (Å²) in [7, 11) is 0. The highest BCUT2D eigenvalue weighted by atomic mass is 16.2. The number of fused-ring (bicyclic) bond motifs is 1. The van der Waals surface area contributed by atoms with Gasteiger partial charge in [0.25, 0.3) is 5.91 Å². The number of benzene rings is 2. The molecule has 0 atom stereocenters. The van der Waals surface area contributed by atoms with E-state index in [4.69, 9.17) is 0 Å². The van der Waals surface area contributed by atoms with Crippen molar-refractivity contribution in [1.82, 2.24) is 15.0 Å². The summed E-state index contributed by atoms with van der Waals surface area (Å²) in [4.78, 5) is 19.2. The average Bonchev–Trinajstić information content (AvgIpc) is 2.90. The number of para-hydroxylation sites is 2. The van der Waals surface area contributed by atoms with Gasteiger partial charge in [0.15, 0.2) is 0 Å². The molecule has 1 aliphatic rings. The lowest BCUT2D eigenvalue weighted by atomic mass is 10.2. The fourth-order valence-corrected chi connectivity index (χ4v) is 3.85. The predicted molar refractivity (Wildman–Crippen MR) is 117 cm³/mol. The van der Waals surface area contributed by atoms with Gasteiger partial charge in [-0.2, -0.15) is 5.10 Å². The van der Waals surface area contributed by atoms with Gasteiger partial charge in [0.2, 0.25) is 0 Å². The van der Waals surface area contributed by atoms with Gasteiger partial charge in [0, 0.05) is 18.8 Å². The molecule has 1 aliphatic heterocycles. The standard InChI is InChI=1S/C23H27N5O/c1-18-25-21-8-4-5-9-22(21)28(18)17-23(29)26-24-16-19-10-12-20(13-11-19)27-14-6-2-3-7-15-27/h4-5,8-13,16H,2-3,6-7,14-15,17H2,1H3,(H,26,29)/b24-16-. The Morgan fingerprint density at radius 3 is 2.55 bits per heavy atom. The van der Waals surface area contributed by atoms with Crippen molar-refractivity contribution in [2.75, 3.05) is 18.0 Å². The number of nitrogens with zero attached hydrogens (tertiary/aromatic N) is 4. The molecule has 150 valence electrons. The lowest BCUT2D eigenvalue weighted by molar-refractivity contribution is -0.121. The number of hydrogen-bond acceptors (Lipinski definition) is 4. The van der Waals surface area contributed by atoms with Crippen LogP contribution < -0.4 is 10.3 Å². The van der Waals surface area contributed by atoms with Crippen LogP contribution in [0, 0.1) is 6.92 Å². The number of aromatic nitrogens is 2. The summed E-state index contributed by atoms with van der Waals surface area (Å²) in [6, 6.07) is 16.2. The van der Waals surface area contributed by atoms with Crippen LogP contribution in [0.1, 0.15) is 37.1 Å². The summed E-state index contributed by atoms with van der Waals surface area (Å²) in [5.74, 6) is 0.642. The lowest BCUT2D eigenvalue weighted by Crippen LogP contribution is -2.24. The smallest absolute Gasteiger partial charge is 0.260 e. The third-order valence-corrected chi connectivity index (χ3v) is 5.41. The van der Waals surface area contributed by atoms with E-state index in [0.717, 1.165) is 35.5 Å². The molecule has 29 heavy (non-hydrogen) atoms. The van der Waals surface area contributed by atoms with Gasteiger partial charge in [-0.1, -0.05) is 37.1 Å². The molecule has 0 aliphatic carbocycles. The van der Waals surface area contributed by atoms with Crippen molar-refractivity contribution in [3.63, 3.8) is 0 Å². The zero-order valence-corrected chi connectivity index (χ0v) is 16.8. The average molecular weight is 390 g/mol. The Bertz CT molecular complexity index is 998. The Balaban J connectivity index is 1.34. The lowest BCUT2D eigenvalue weighted by Gasteiger charge is -2.22. The van der Waals surface area contributed by atoms with Gasteiger partial charge >= 0.3 is 0 Å². The molecule has 0 bridgehead atoms. The van der Waals surface area contributed by atoms with Crippen LogP contribution in [0.2, 0.25) is 0 Å². The number of aryl methyl sites for hydroxylation is 1. The fourth-order valence-electron chi connectivity index (χ4n) is 3.85. The van der Waals surface area contributed by atoms with E-state index in [2.05, 4.69) is 32.5 Å². The van der Waals surface area contributed by atoms with E-state index < -0.39 is 0 Å². The van der Waals surface area contributed by atoms with Crippen LogP contribution in [0.25, 0.3) is 11.0 Å². The van der Waals surface area contributed by atoms with E-state index in [0.29, 0.717) is 0 Å². The second-order valence-corrected chi connectivity index (χ2v) is 7.52. The fraction of sp³-hybridized carbons (Fsp3) is 0.348. The van der Waals surface area contributed by atoms with E-state index in [9.17, 15) is 4.79 Å². The molecule has 3 aromatic rings. The minimum atomic E-state index is -0.173. The second kappa shape index (κ2) is 8.90. The molecular weight excluding hydrogens is 362 g/mol. The van der Waals surface area contributed by atoms with E-state index in [1.807, 2.05) is 47.9 Å². The number of anilines is 1. The highest BCUT2D eigenvalue weighted by molar-refractivity contribution is 5.84. The van der Waals surface area contributed by atoms with Gasteiger partial charge in [-0.3, -0.25) is 4.79 Å². The molecule has 2 heterocycles. The third kappa shape index (κ3) is 4.65. The zero-order valence-electron chi connectivity index (χ0n) is 16.8.